The van der Waals surface area contributed by atoms with E-state index >= 15 is 0 Å². The van der Waals surface area contributed by atoms with Gasteiger partial charge in [-0.1, -0.05) is 0 Å². The maximum absolute atomic E-state index is 12.0. The highest BCUT2D eigenvalue weighted by molar-refractivity contribution is 6.17. The average Bonchev–Trinajstić information content (AvgIpc) is 2.24. The summed E-state index contributed by atoms with van der Waals surface area (Å²) in [6.45, 7) is 0. The molecule has 1 N–H and O–H groups in total. The van der Waals surface area contributed by atoms with Gasteiger partial charge in [-0.25, -0.2) is 4.79 Å². The number of carbonyl (C=O) groups is 1. The maximum Gasteiger partial charge on any atom is 0.573 e. The van der Waals surface area contributed by atoms with Gasteiger partial charge in [0.2, 0.25) is 0 Å². The Morgan fingerprint density at radius 1 is 1.50 bits per heavy atom. The molecular weight excluding hydrogens is 275 g/mol. The number of ether oxygens (including phenoxy) is 1. The van der Waals surface area contributed by atoms with Gasteiger partial charge in [0.1, 0.15) is 11.8 Å². The van der Waals surface area contributed by atoms with Gasteiger partial charge in [0.05, 0.1) is 11.1 Å². The lowest BCUT2D eigenvalue weighted by Gasteiger charge is -2.12. The van der Waals surface area contributed by atoms with E-state index in [4.69, 9.17) is 22.0 Å². The van der Waals surface area contributed by atoms with Crippen LogP contribution in [-0.4, -0.2) is 17.4 Å². The van der Waals surface area contributed by atoms with Crippen LogP contribution < -0.4 is 4.74 Å². The smallest absolute Gasteiger partial charge is 0.478 e. The molecule has 0 heterocycles. The van der Waals surface area contributed by atoms with E-state index in [0.29, 0.717) is 6.07 Å². The molecular formula is C10H5ClF3NO3. The molecule has 0 radical (unpaired) electrons. The number of aromatic carboxylic acids is 1. The minimum absolute atomic E-state index is 0.123. The standard InChI is InChI=1S/C10H5ClF3NO3/c11-3-5-1-7(18-10(12,13)14)2-6(4-15)8(5)9(16)17/h1-2H,3H2,(H,16,17). The number of halogens is 4. The molecule has 0 bridgehead atoms. The minimum Gasteiger partial charge on any atom is -0.478 e. The van der Waals surface area contributed by atoms with Crippen LogP contribution in [0, 0.1) is 11.3 Å². The Morgan fingerprint density at radius 2 is 2.11 bits per heavy atom. The van der Waals surface area contributed by atoms with E-state index in [1.807, 2.05) is 0 Å². The van der Waals surface area contributed by atoms with Gasteiger partial charge < -0.3 is 9.84 Å². The molecule has 0 fully saturated rings. The van der Waals surface area contributed by atoms with E-state index in [0.717, 1.165) is 6.07 Å². The zero-order valence-corrected chi connectivity index (χ0v) is 9.34. The summed E-state index contributed by atoms with van der Waals surface area (Å²) in [7, 11) is 0. The maximum atomic E-state index is 12.0. The lowest BCUT2D eigenvalue weighted by Crippen LogP contribution is -2.18. The minimum atomic E-state index is -4.93. The van der Waals surface area contributed by atoms with Gasteiger partial charge in [-0.05, 0) is 17.7 Å². The predicted molar refractivity (Wildman–Crippen MR) is 54.4 cm³/mol. The first-order valence-corrected chi connectivity index (χ1v) is 4.94. The van der Waals surface area contributed by atoms with Crippen LogP contribution in [0.25, 0.3) is 0 Å². The van der Waals surface area contributed by atoms with Crippen LogP contribution in [0.5, 0.6) is 5.75 Å². The van der Waals surface area contributed by atoms with E-state index in [1.165, 1.54) is 6.07 Å². The topological polar surface area (TPSA) is 70.3 Å². The van der Waals surface area contributed by atoms with Crippen molar-refractivity contribution in [2.75, 3.05) is 0 Å². The number of carboxylic acid groups (broad SMARTS) is 1. The van der Waals surface area contributed by atoms with Crippen molar-refractivity contribution < 1.29 is 27.8 Å². The largest absolute Gasteiger partial charge is 0.573 e. The average molecular weight is 280 g/mol. The third-order valence-corrected chi connectivity index (χ3v) is 2.19. The molecule has 0 saturated heterocycles. The highest BCUT2D eigenvalue weighted by Gasteiger charge is 2.32. The van der Waals surface area contributed by atoms with Crippen molar-refractivity contribution in [1.29, 1.82) is 5.26 Å². The monoisotopic (exact) mass is 279 g/mol. The molecule has 0 unspecified atom stereocenters. The molecule has 96 valence electrons. The van der Waals surface area contributed by atoms with Gasteiger partial charge in [0.15, 0.2) is 0 Å². The second-order valence-corrected chi connectivity index (χ2v) is 3.37. The Morgan fingerprint density at radius 3 is 2.50 bits per heavy atom. The molecule has 0 aromatic heterocycles. The molecule has 18 heavy (non-hydrogen) atoms. The molecule has 0 aliphatic heterocycles. The summed E-state index contributed by atoms with van der Waals surface area (Å²) >= 11 is 5.44. The summed E-state index contributed by atoms with van der Waals surface area (Å²) in [6.07, 6.45) is -4.93. The number of benzene rings is 1. The molecule has 0 spiro atoms. The number of alkyl halides is 4. The number of rotatable bonds is 3. The first-order chi connectivity index (χ1) is 8.28. The van der Waals surface area contributed by atoms with Gasteiger partial charge in [-0.2, -0.15) is 5.26 Å². The number of hydrogen-bond acceptors (Lipinski definition) is 3. The molecule has 0 amide bonds. The third-order valence-electron chi connectivity index (χ3n) is 1.91. The zero-order valence-electron chi connectivity index (χ0n) is 8.58. The SMILES string of the molecule is N#Cc1cc(OC(F)(F)F)cc(CCl)c1C(=O)O. The second-order valence-electron chi connectivity index (χ2n) is 3.10. The number of hydrogen-bond donors (Lipinski definition) is 1. The summed E-state index contributed by atoms with van der Waals surface area (Å²) in [4.78, 5) is 10.9. The first-order valence-electron chi connectivity index (χ1n) is 4.40. The molecule has 8 heteroatoms. The van der Waals surface area contributed by atoms with E-state index in [2.05, 4.69) is 4.74 Å². The third kappa shape index (κ3) is 3.28. The van der Waals surface area contributed by atoms with E-state index in [-0.39, 0.29) is 11.4 Å². The van der Waals surface area contributed by atoms with Crippen LogP contribution in [0.3, 0.4) is 0 Å². The lowest BCUT2D eigenvalue weighted by molar-refractivity contribution is -0.274. The molecule has 1 aromatic carbocycles. The van der Waals surface area contributed by atoms with Gasteiger partial charge in [0.25, 0.3) is 0 Å². The van der Waals surface area contributed by atoms with E-state index in [1.54, 1.807) is 0 Å². The summed E-state index contributed by atoms with van der Waals surface area (Å²) in [5.74, 6) is -2.48. The predicted octanol–water partition coefficient (Wildman–Crippen LogP) is 2.89. The van der Waals surface area contributed by atoms with E-state index in [9.17, 15) is 18.0 Å². The van der Waals surface area contributed by atoms with Crippen LogP contribution in [0.2, 0.25) is 0 Å². The molecule has 0 saturated carbocycles. The summed E-state index contributed by atoms with van der Waals surface area (Å²) in [5, 5.41) is 17.6. The Kier molecular flexibility index (Phi) is 4.03. The summed E-state index contributed by atoms with van der Waals surface area (Å²) in [5.41, 5.74) is -0.996. The number of carboxylic acids is 1. The summed E-state index contributed by atoms with van der Waals surface area (Å²) in [6, 6.07) is 3.03. The molecule has 1 aromatic rings. The van der Waals surface area contributed by atoms with Crippen LogP contribution in [0.4, 0.5) is 13.2 Å². The Balaban J connectivity index is 3.37. The van der Waals surface area contributed by atoms with Gasteiger partial charge in [-0.15, -0.1) is 24.8 Å². The van der Waals surface area contributed by atoms with Crippen molar-refractivity contribution in [2.24, 2.45) is 0 Å². The molecule has 1 rings (SSSR count). The fourth-order valence-corrected chi connectivity index (χ4v) is 1.52. The van der Waals surface area contributed by atoms with Gasteiger partial charge in [0, 0.05) is 5.88 Å². The number of nitrogens with zero attached hydrogens (tertiary/aromatic N) is 1. The van der Waals surface area contributed by atoms with Crippen molar-refractivity contribution in [1.82, 2.24) is 0 Å². The van der Waals surface area contributed by atoms with Crippen molar-refractivity contribution in [3.05, 3.63) is 28.8 Å². The second kappa shape index (κ2) is 5.14. The van der Waals surface area contributed by atoms with Gasteiger partial charge in [-0.3, -0.25) is 0 Å². The molecule has 0 aliphatic carbocycles. The van der Waals surface area contributed by atoms with E-state index < -0.39 is 29.2 Å². The Bertz CT molecular complexity index is 522. The molecule has 0 atom stereocenters. The van der Waals surface area contributed by atoms with Crippen molar-refractivity contribution >= 4 is 17.6 Å². The zero-order chi connectivity index (χ0) is 13.9. The molecule has 4 nitrogen and oxygen atoms in total. The summed E-state index contributed by atoms with van der Waals surface area (Å²) < 4.78 is 39.7. The Hall–Kier alpha value is -1.94. The fraction of sp³-hybridized carbons (Fsp3) is 0.200. The highest BCUT2D eigenvalue weighted by Crippen LogP contribution is 2.28. The quantitative estimate of drug-likeness (QED) is 0.864. The van der Waals surface area contributed by atoms with Gasteiger partial charge >= 0.3 is 12.3 Å². The molecule has 0 aliphatic rings. The number of nitriles is 1. The van der Waals surface area contributed by atoms with Crippen molar-refractivity contribution in [3.8, 4) is 11.8 Å². The van der Waals surface area contributed by atoms with Crippen molar-refractivity contribution in [3.63, 3.8) is 0 Å². The van der Waals surface area contributed by atoms with Crippen LogP contribution >= 0.6 is 11.6 Å². The van der Waals surface area contributed by atoms with Crippen LogP contribution in [0.1, 0.15) is 21.5 Å². The lowest BCUT2D eigenvalue weighted by atomic mass is 10.0. The highest BCUT2D eigenvalue weighted by atomic mass is 35.5. The Labute approximate surface area is 104 Å². The van der Waals surface area contributed by atoms with Crippen molar-refractivity contribution in [2.45, 2.75) is 12.2 Å². The van der Waals surface area contributed by atoms with Crippen LogP contribution in [0.15, 0.2) is 12.1 Å². The first kappa shape index (κ1) is 14.1. The normalized spacial score (nSPS) is 10.8. The fourth-order valence-electron chi connectivity index (χ4n) is 1.31. The van der Waals surface area contributed by atoms with Crippen LogP contribution in [-0.2, 0) is 5.88 Å².